The molecule has 178 valence electrons. The summed E-state index contributed by atoms with van der Waals surface area (Å²) in [7, 11) is 0. The second kappa shape index (κ2) is 19.1. The molecule has 3 N–H and O–H groups in total. The van der Waals surface area contributed by atoms with E-state index >= 15 is 0 Å². The molecule has 1 aliphatic heterocycles. The van der Waals surface area contributed by atoms with Crippen molar-refractivity contribution < 1.29 is 24.8 Å². The monoisotopic (exact) mass is 428 g/mol. The second-order valence-electron chi connectivity index (χ2n) is 8.82. The Morgan fingerprint density at radius 1 is 0.833 bits per heavy atom. The first-order chi connectivity index (χ1) is 14.7. The van der Waals surface area contributed by atoms with Crippen LogP contribution in [0, 0.1) is 0 Å². The molecule has 4 atom stereocenters. The minimum atomic E-state index is -1.01. The van der Waals surface area contributed by atoms with Gasteiger partial charge in [0.15, 0.2) is 0 Å². The first-order valence-electron chi connectivity index (χ1n) is 12.6. The summed E-state index contributed by atoms with van der Waals surface area (Å²) in [4.78, 5) is 0. The lowest BCUT2D eigenvalue weighted by molar-refractivity contribution is -0.0737. The number of aliphatic hydroxyl groups excluding tert-OH is 3. The van der Waals surface area contributed by atoms with Crippen LogP contribution < -0.4 is 0 Å². The molecule has 1 saturated heterocycles. The smallest absolute Gasteiger partial charge is 0.149 e. The van der Waals surface area contributed by atoms with E-state index in [1.807, 2.05) is 6.08 Å². The Morgan fingerprint density at radius 2 is 1.33 bits per heavy atom. The molecule has 1 rings (SSSR count). The summed E-state index contributed by atoms with van der Waals surface area (Å²) in [6, 6.07) is 0. The second-order valence-corrected chi connectivity index (χ2v) is 8.82. The average molecular weight is 429 g/mol. The summed E-state index contributed by atoms with van der Waals surface area (Å²) < 4.78 is 10.8. The minimum Gasteiger partial charge on any atom is -0.493 e. The van der Waals surface area contributed by atoms with Gasteiger partial charge in [-0.05, 0) is 18.9 Å². The number of unbranched alkanes of at least 4 members (excludes halogenated alkanes) is 15. The molecule has 0 aromatic heterocycles. The average Bonchev–Trinajstić information content (AvgIpc) is 3.08. The van der Waals surface area contributed by atoms with E-state index in [1.165, 1.54) is 89.9 Å². The highest BCUT2D eigenvalue weighted by Crippen LogP contribution is 2.20. The van der Waals surface area contributed by atoms with Gasteiger partial charge in [-0.1, -0.05) is 96.8 Å². The predicted octanol–water partition coefficient (Wildman–Crippen LogP) is 5.26. The van der Waals surface area contributed by atoms with Crippen LogP contribution >= 0.6 is 0 Å². The highest BCUT2D eigenvalue weighted by molar-refractivity contribution is 4.90. The molecular weight excluding hydrogens is 380 g/mol. The van der Waals surface area contributed by atoms with E-state index in [2.05, 4.69) is 6.92 Å². The van der Waals surface area contributed by atoms with Crippen molar-refractivity contribution in [1.29, 1.82) is 0 Å². The van der Waals surface area contributed by atoms with Gasteiger partial charge in [-0.2, -0.15) is 0 Å². The van der Waals surface area contributed by atoms with Crippen LogP contribution in [0.15, 0.2) is 12.3 Å². The van der Waals surface area contributed by atoms with E-state index in [-0.39, 0.29) is 13.2 Å². The normalized spacial score (nSPS) is 22.7. The van der Waals surface area contributed by atoms with Gasteiger partial charge in [0.05, 0.1) is 19.5 Å². The predicted molar refractivity (Wildman–Crippen MR) is 122 cm³/mol. The Hall–Kier alpha value is -0.620. The molecule has 0 amide bonds. The molecule has 0 aliphatic carbocycles. The Bertz CT molecular complexity index is 401. The first kappa shape index (κ1) is 27.4. The van der Waals surface area contributed by atoms with Crippen molar-refractivity contribution in [2.24, 2.45) is 0 Å². The summed E-state index contributed by atoms with van der Waals surface area (Å²) in [6.45, 7) is 2.10. The molecule has 1 fully saturated rings. The summed E-state index contributed by atoms with van der Waals surface area (Å²) >= 11 is 0. The van der Waals surface area contributed by atoms with Gasteiger partial charge in [-0.15, -0.1) is 0 Å². The number of hydrogen-bond acceptors (Lipinski definition) is 5. The number of allylic oxidation sites excluding steroid dienone is 1. The fraction of sp³-hybridized carbons (Fsp3) is 0.920. The molecule has 0 spiro atoms. The van der Waals surface area contributed by atoms with E-state index in [0.29, 0.717) is 0 Å². The van der Waals surface area contributed by atoms with Crippen LogP contribution in [-0.4, -0.2) is 52.9 Å². The fourth-order valence-electron chi connectivity index (χ4n) is 4.04. The third-order valence-electron chi connectivity index (χ3n) is 6.06. The van der Waals surface area contributed by atoms with Crippen LogP contribution in [0.2, 0.25) is 0 Å². The lowest BCUT2D eigenvalue weighted by Gasteiger charge is -2.23. The van der Waals surface area contributed by atoms with Crippen LogP contribution in [0.25, 0.3) is 0 Å². The molecule has 5 nitrogen and oxygen atoms in total. The van der Waals surface area contributed by atoms with Crippen molar-refractivity contribution in [1.82, 2.24) is 0 Å². The van der Waals surface area contributed by atoms with Gasteiger partial charge in [-0.25, -0.2) is 0 Å². The molecule has 0 aromatic rings. The van der Waals surface area contributed by atoms with E-state index < -0.39 is 24.4 Å². The standard InChI is InChI=1S/C25H48O5/c1-2-3-4-5-6-7-8-9-10-11-12-13-14-15-16-17-18-19-29-23(20-26)25-24(28)22(27)21-30-25/h18-19,22-28H,2-17,20-21H2,1H3/b19-18+/t22-,23+,24+,25+/m1/s1. The lowest BCUT2D eigenvalue weighted by Crippen LogP contribution is -2.41. The third kappa shape index (κ3) is 12.9. The number of rotatable bonds is 20. The van der Waals surface area contributed by atoms with Gasteiger partial charge in [0.1, 0.15) is 24.4 Å². The molecule has 5 heteroatoms. The Labute approximate surface area is 184 Å². The lowest BCUT2D eigenvalue weighted by atomic mass is 10.0. The van der Waals surface area contributed by atoms with E-state index in [1.54, 1.807) is 6.26 Å². The summed E-state index contributed by atoms with van der Waals surface area (Å²) in [5.41, 5.74) is 0. The van der Waals surface area contributed by atoms with Crippen molar-refractivity contribution in [2.75, 3.05) is 13.2 Å². The highest BCUT2D eigenvalue weighted by atomic mass is 16.6. The van der Waals surface area contributed by atoms with E-state index in [9.17, 15) is 15.3 Å². The van der Waals surface area contributed by atoms with Gasteiger partial charge >= 0.3 is 0 Å². The quantitative estimate of drug-likeness (QED) is 0.182. The zero-order valence-electron chi connectivity index (χ0n) is 19.4. The highest BCUT2D eigenvalue weighted by Gasteiger charge is 2.40. The molecule has 0 radical (unpaired) electrons. The molecule has 1 heterocycles. The van der Waals surface area contributed by atoms with Crippen LogP contribution in [0.4, 0.5) is 0 Å². The maximum absolute atomic E-state index is 9.82. The van der Waals surface area contributed by atoms with Crippen molar-refractivity contribution >= 4 is 0 Å². The summed E-state index contributed by atoms with van der Waals surface area (Å²) in [6.07, 6.45) is 21.7. The van der Waals surface area contributed by atoms with Gasteiger partial charge in [0.25, 0.3) is 0 Å². The Kier molecular flexibility index (Phi) is 17.4. The maximum atomic E-state index is 9.82. The number of ether oxygens (including phenoxy) is 2. The summed E-state index contributed by atoms with van der Waals surface area (Å²) in [5, 5.41) is 28.7. The summed E-state index contributed by atoms with van der Waals surface area (Å²) in [5.74, 6) is 0. The molecule has 0 aromatic carbocycles. The molecular formula is C25H48O5. The van der Waals surface area contributed by atoms with Gasteiger partial charge < -0.3 is 24.8 Å². The molecule has 0 bridgehead atoms. The van der Waals surface area contributed by atoms with Crippen LogP contribution in [-0.2, 0) is 9.47 Å². The maximum Gasteiger partial charge on any atom is 0.149 e. The SMILES string of the molecule is CCCCCCCCCCCCCCCCC/C=C/O[C@@H](CO)[C@@H]1OC[C@@H](O)[C@@H]1O. The zero-order valence-corrected chi connectivity index (χ0v) is 19.4. The van der Waals surface area contributed by atoms with E-state index in [0.717, 1.165) is 12.8 Å². The third-order valence-corrected chi connectivity index (χ3v) is 6.06. The van der Waals surface area contributed by atoms with Crippen LogP contribution in [0.1, 0.15) is 110 Å². The van der Waals surface area contributed by atoms with Crippen molar-refractivity contribution in [3.05, 3.63) is 12.3 Å². The van der Waals surface area contributed by atoms with Crippen LogP contribution in [0.3, 0.4) is 0 Å². The molecule has 0 saturated carbocycles. The number of hydrogen-bond donors (Lipinski definition) is 3. The van der Waals surface area contributed by atoms with Crippen molar-refractivity contribution in [2.45, 2.75) is 134 Å². The zero-order chi connectivity index (χ0) is 21.9. The molecule has 30 heavy (non-hydrogen) atoms. The van der Waals surface area contributed by atoms with Crippen molar-refractivity contribution in [3.63, 3.8) is 0 Å². The molecule has 0 unspecified atom stereocenters. The Balaban J connectivity index is 1.85. The fourth-order valence-corrected chi connectivity index (χ4v) is 4.04. The number of aliphatic hydroxyl groups is 3. The topological polar surface area (TPSA) is 79.2 Å². The Morgan fingerprint density at radius 3 is 1.77 bits per heavy atom. The van der Waals surface area contributed by atoms with Crippen LogP contribution in [0.5, 0.6) is 0 Å². The van der Waals surface area contributed by atoms with Gasteiger partial charge in [-0.3, -0.25) is 0 Å². The van der Waals surface area contributed by atoms with E-state index in [4.69, 9.17) is 9.47 Å². The molecule has 1 aliphatic rings. The van der Waals surface area contributed by atoms with Gasteiger partial charge in [0, 0.05) is 0 Å². The first-order valence-corrected chi connectivity index (χ1v) is 12.6. The van der Waals surface area contributed by atoms with Gasteiger partial charge in [0.2, 0.25) is 0 Å². The van der Waals surface area contributed by atoms with Crippen molar-refractivity contribution in [3.8, 4) is 0 Å². The minimum absolute atomic E-state index is 0.0779. The largest absolute Gasteiger partial charge is 0.493 e.